The van der Waals surface area contributed by atoms with E-state index in [-0.39, 0.29) is 34.1 Å². The summed E-state index contributed by atoms with van der Waals surface area (Å²) in [5.41, 5.74) is 3.98. The van der Waals surface area contributed by atoms with Gasteiger partial charge in [-0.2, -0.15) is 4.98 Å². The maximum Gasteiger partial charge on any atom is 0.264 e. The molecule has 2 aliphatic heterocycles. The van der Waals surface area contributed by atoms with Gasteiger partial charge in [-0.25, -0.2) is 18.1 Å². The molecule has 9 nitrogen and oxygen atoms in total. The fourth-order valence-corrected chi connectivity index (χ4v) is 6.41. The first-order valence-electron chi connectivity index (χ1n) is 14.1. The molecule has 2 aliphatic rings. The van der Waals surface area contributed by atoms with Crippen molar-refractivity contribution in [2.75, 3.05) is 37.4 Å². The van der Waals surface area contributed by atoms with Crippen LogP contribution >= 0.6 is 0 Å². The number of amides is 1. The van der Waals surface area contributed by atoms with Crippen molar-refractivity contribution in [3.8, 4) is 17.1 Å². The minimum absolute atomic E-state index is 0.0249. The minimum Gasteiger partial charge on any atom is -0.471 e. The van der Waals surface area contributed by atoms with E-state index in [1.807, 2.05) is 32.0 Å². The van der Waals surface area contributed by atoms with Gasteiger partial charge >= 0.3 is 0 Å². The summed E-state index contributed by atoms with van der Waals surface area (Å²) in [5.74, 6) is -0.0365. The molecule has 10 heteroatoms. The van der Waals surface area contributed by atoms with Gasteiger partial charge in [-0.1, -0.05) is 45.0 Å². The average Bonchev–Trinajstić information content (AvgIpc) is 2.88. The standard InChI is InChI=1S/C31H39N5O4S/c1-21-9-6-10-22(2)28(21)26-18-27-33-30(32-26)34-41(38,39)25-12-7-11-23(17-25)29(37)36-15-8-14-35(16-13-31(3,4)5)19-24(20-36)40-27/h6-7,9-12,17-18,24H,8,13-16,19-20H2,1-5H3,(H,32,33,34). The fraction of sp³-hybridized carbons (Fsp3) is 0.452. The van der Waals surface area contributed by atoms with Gasteiger partial charge in [0.15, 0.2) is 0 Å². The predicted octanol–water partition coefficient (Wildman–Crippen LogP) is 4.91. The molecule has 0 aliphatic carbocycles. The second-order valence-corrected chi connectivity index (χ2v) is 14.0. The number of sulfonamides is 1. The van der Waals surface area contributed by atoms with Gasteiger partial charge in [-0.05, 0) is 74.5 Å². The zero-order valence-electron chi connectivity index (χ0n) is 24.5. The largest absolute Gasteiger partial charge is 0.471 e. The van der Waals surface area contributed by atoms with Crippen LogP contribution in [0.5, 0.6) is 5.88 Å². The first-order valence-corrected chi connectivity index (χ1v) is 15.6. The Labute approximate surface area is 243 Å². The predicted molar refractivity (Wildman–Crippen MR) is 160 cm³/mol. The molecular formula is C31H39N5O4S. The molecule has 6 bridgehead atoms. The number of nitrogens with zero attached hydrogens (tertiary/aromatic N) is 4. The molecular weight excluding hydrogens is 538 g/mol. The van der Waals surface area contributed by atoms with Crippen LogP contribution in [-0.4, -0.2) is 72.9 Å². The maximum absolute atomic E-state index is 13.7. The molecule has 1 amide bonds. The molecule has 0 spiro atoms. The molecule has 1 fully saturated rings. The van der Waals surface area contributed by atoms with Gasteiger partial charge in [-0.3, -0.25) is 9.69 Å². The Morgan fingerprint density at radius 1 is 1.00 bits per heavy atom. The zero-order valence-corrected chi connectivity index (χ0v) is 25.3. The summed E-state index contributed by atoms with van der Waals surface area (Å²) < 4.78 is 35.9. The lowest BCUT2D eigenvalue weighted by Crippen LogP contribution is -2.49. The summed E-state index contributed by atoms with van der Waals surface area (Å²) in [7, 11) is -4.08. The van der Waals surface area contributed by atoms with Crippen LogP contribution in [0.15, 0.2) is 53.4 Å². The molecule has 218 valence electrons. The highest BCUT2D eigenvalue weighted by atomic mass is 32.2. The number of ether oxygens (including phenoxy) is 1. The van der Waals surface area contributed by atoms with Gasteiger partial charge in [0.1, 0.15) is 6.10 Å². The second kappa shape index (κ2) is 11.4. The molecule has 3 aromatic rings. The van der Waals surface area contributed by atoms with Crippen LogP contribution in [0.25, 0.3) is 11.3 Å². The van der Waals surface area contributed by atoms with Crippen molar-refractivity contribution >= 4 is 21.9 Å². The van der Waals surface area contributed by atoms with E-state index in [9.17, 15) is 13.2 Å². The smallest absolute Gasteiger partial charge is 0.264 e. The van der Waals surface area contributed by atoms with Crippen LogP contribution in [0.4, 0.5) is 5.95 Å². The molecule has 2 aromatic carbocycles. The molecule has 0 radical (unpaired) electrons. The van der Waals surface area contributed by atoms with E-state index in [1.54, 1.807) is 23.1 Å². The van der Waals surface area contributed by atoms with E-state index < -0.39 is 10.0 Å². The van der Waals surface area contributed by atoms with E-state index in [0.29, 0.717) is 30.9 Å². The quantitative estimate of drug-likeness (QED) is 0.472. The molecule has 41 heavy (non-hydrogen) atoms. The summed E-state index contributed by atoms with van der Waals surface area (Å²) >= 11 is 0. The molecule has 0 saturated carbocycles. The van der Waals surface area contributed by atoms with Crippen molar-refractivity contribution < 1.29 is 17.9 Å². The van der Waals surface area contributed by atoms with Crippen molar-refractivity contribution in [2.24, 2.45) is 5.41 Å². The fourth-order valence-electron chi connectivity index (χ4n) is 5.42. The lowest BCUT2D eigenvalue weighted by Gasteiger charge is -2.36. The van der Waals surface area contributed by atoms with E-state index >= 15 is 0 Å². The normalized spacial score (nSPS) is 19.5. The molecule has 1 N–H and O–H groups in total. The Morgan fingerprint density at radius 3 is 2.46 bits per heavy atom. The minimum atomic E-state index is -4.08. The molecule has 1 atom stereocenters. The van der Waals surface area contributed by atoms with Gasteiger partial charge in [0.05, 0.1) is 17.1 Å². The summed E-state index contributed by atoms with van der Waals surface area (Å²) in [6.45, 7) is 14.0. The van der Waals surface area contributed by atoms with Crippen LogP contribution < -0.4 is 9.46 Å². The number of anilines is 1. The third-order valence-electron chi connectivity index (χ3n) is 7.60. The number of rotatable bonds is 3. The van der Waals surface area contributed by atoms with Gasteiger partial charge < -0.3 is 9.64 Å². The van der Waals surface area contributed by atoms with Crippen LogP contribution in [-0.2, 0) is 10.0 Å². The topological polar surface area (TPSA) is 105 Å². The number of nitrogens with one attached hydrogen (secondary N) is 1. The van der Waals surface area contributed by atoms with Crippen LogP contribution in [0.2, 0.25) is 0 Å². The Bertz CT molecular complexity index is 1530. The number of carbonyl (C=O) groups is 1. The number of hydrogen-bond acceptors (Lipinski definition) is 7. The number of aromatic nitrogens is 2. The van der Waals surface area contributed by atoms with E-state index in [4.69, 9.17) is 4.74 Å². The Balaban J connectivity index is 1.61. The van der Waals surface area contributed by atoms with Gasteiger partial charge in [0, 0.05) is 30.3 Å². The van der Waals surface area contributed by atoms with Crippen LogP contribution in [0.3, 0.4) is 0 Å². The lowest BCUT2D eigenvalue weighted by atomic mass is 9.92. The third kappa shape index (κ3) is 6.87. The average molecular weight is 578 g/mol. The lowest BCUT2D eigenvalue weighted by molar-refractivity contribution is 0.0469. The number of carbonyl (C=O) groups excluding carboxylic acids is 1. The molecule has 1 saturated heterocycles. The highest BCUT2D eigenvalue weighted by Gasteiger charge is 2.29. The van der Waals surface area contributed by atoms with Crippen molar-refractivity contribution in [3.63, 3.8) is 0 Å². The Hall–Kier alpha value is -3.50. The van der Waals surface area contributed by atoms with Crippen LogP contribution in [0.1, 0.15) is 55.1 Å². The number of aryl methyl sites for hydroxylation is 2. The second-order valence-electron chi connectivity index (χ2n) is 12.3. The summed E-state index contributed by atoms with van der Waals surface area (Å²) in [5, 5.41) is 0. The SMILES string of the molecule is Cc1cccc(C)c1-c1cc2nc(n1)NS(=O)(=O)c1cccc(c1)C(=O)N1CCCN(CCC(C)(C)C)CC(C1)O2. The number of fused-ring (bicyclic) bond motifs is 6. The van der Waals surface area contributed by atoms with Crippen molar-refractivity contribution in [1.82, 2.24) is 19.8 Å². The van der Waals surface area contributed by atoms with Gasteiger partial charge in [0.25, 0.3) is 15.9 Å². The number of benzene rings is 2. The summed E-state index contributed by atoms with van der Waals surface area (Å²) in [4.78, 5) is 26.9. The monoisotopic (exact) mass is 577 g/mol. The first kappa shape index (κ1) is 29.0. The van der Waals surface area contributed by atoms with Crippen molar-refractivity contribution in [2.45, 2.75) is 58.5 Å². The summed E-state index contributed by atoms with van der Waals surface area (Å²) in [6.07, 6.45) is 1.47. The van der Waals surface area contributed by atoms with Gasteiger partial charge in [-0.15, -0.1) is 0 Å². The zero-order chi connectivity index (χ0) is 29.4. The highest BCUT2D eigenvalue weighted by molar-refractivity contribution is 7.92. The molecule has 5 rings (SSSR count). The third-order valence-corrected chi connectivity index (χ3v) is 8.92. The summed E-state index contributed by atoms with van der Waals surface area (Å²) in [6, 6.07) is 13.9. The highest BCUT2D eigenvalue weighted by Crippen LogP contribution is 2.30. The first-order chi connectivity index (χ1) is 19.4. The van der Waals surface area contributed by atoms with E-state index in [0.717, 1.165) is 42.6 Å². The molecule has 3 heterocycles. The Kier molecular flexibility index (Phi) is 8.07. The number of hydrogen-bond donors (Lipinski definition) is 1. The van der Waals surface area contributed by atoms with E-state index in [1.165, 1.54) is 12.1 Å². The maximum atomic E-state index is 13.7. The molecule has 1 aromatic heterocycles. The molecule has 1 unspecified atom stereocenters. The Morgan fingerprint density at radius 2 is 1.73 bits per heavy atom. The van der Waals surface area contributed by atoms with Crippen molar-refractivity contribution in [3.05, 3.63) is 65.2 Å². The van der Waals surface area contributed by atoms with Crippen molar-refractivity contribution in [1.29, 1.82) is 0 Å². The van der Waals surface area contributed by atoms with Gasteiger partial charge in [0.2, 0.25) is 11.8 Å². The van der Waals surface area contributed by atoms with E-state index in [2.05, 4.69) is 40.4 Å². The van der Waals surface area contributed by atoms with Crippen LogP contribution in [0, 0.1) is 19.3 Å².